The third-order valence-electron chi connectivity index (χ3n) is 4.28. The smallest absolute Gasteiger partial charge is 0.219 e. The van der Waals surface area contributed by atoms with Gasteiger partial charge in [0, 0.05) is 45.5 Å². The van der Waals surface area contributed by atoms with Gasteiger partial charge in [-0.1, -0.05) is 11.6 Å². The molecule has 0 atom stereocenters. The van der Waals surface area contributed by atoms with E-state index in [1.807, 2.05) is 15.4 Å². The number of amides is 1. The molecule has 0 spiro atoms. The molecule has 0 aliphatic carbocycles. The van der Waals surface area contributed by atoms with Crippen LogP contribution in [0.15, 0.2) is 30.9 Å². The Hall–Kier alpha value is -2.74. The van der Waals surface area contributed by atoms with Gasteiger partial charge in [-0.25, -0.2) is 19.9 Å². The number of hydrogen-bond donors (Lipinski definition) is 0. The van der Waals surface area contributed by atoms with Crippen molar-refractivity contribution in [1.29, 1.82) is 0 Å². The normalized spacial score (nSPS) is 15.0. The van der Waals surface area contributed by atoms with E-state index in [1.165, 1.54) is 0 Å². The predicted octanol–water partition coefficient (Wildman–Crippen LogP) is 1.51. The van der Waals surface area contributed by atoms with Crippen molar-refractivity contribution in [3.63, 3.8) is 0 Å². The van der Waals surface area contributed by atoms with E-state index in [0.717, 1.165) is 24.6 Å². The van der Waals surface area contributed by atoms with E-state index in [0.29, 0.717) is 29.7 Å². The Morgan fingerprint density at radius 2 is 1.92 bits per heavy atom. The van der Waals surface area contributed by atoms with Crippen molar-refractivity contribution in [3.8, 4) is 11.5 Å². The SMILES string of the molecule is CC(=O)N1CCN(c2ccnc(-c3cnc4cnc(Cl)cn34)n2)CC1. The molecule has 0 radical (unpaired) electrons. The number of halogens is 1. The number of fused-ring (bicyclic) bond motifs is 1. The summed E-state index contributed by atoms with van der Waals surface area (Å²) in [5.74, 6) is 1.52. The molecular weight excluding hydrogens is 342 g/mol. The van der Waals surface area contributed by atoms with E-state index >= 15 is 0 Å². The van der Waals surface area contributed by atoms with Gasteiger partial charge in [0.25, 0.3) is 0 Å². The van der Waals surface area contributed by atoms with Crippen molar-refractivity contribution in [3.05, 3.63) is 36.0 Å². The van der Waals surface area contributed by atoms with Crippen molar-refractivity contribution in [2.24, 2.45) is 0 Å². The molecule has 1 amide bonds. The van der Waals surface area contributed by atoms with Crippen LogP contribution in [0.5, 0.6) is 0 Å². The van der Waals surface area contributed by atoms with E-state index < -0.39 is 0 Å². The average Bonchev–Trinajstić information content (AvgIpc) is 3.05. The highest BCUT2D eigenvalue weighted by Gasteiger charge is 2.20. The number of aromatic nitrogens is 5. The monoisotopic (exact) mass is 357 g/mol. The fraction of sp³-hybridized carbons (Fsp3) is 0.312. The molecule has 3 aromatic rings. The molecule has 0 saturated carbocycles. The fourth-order valence-corrected chi connectivity index (χ4v) is 3.08. The molecular formula is C16H16ClN7O. The van der Waals surface area contributed by atoms with Gasteiger partial charge < -0.3 is 9.80 Å². The Bertz CT molecular complexity index is 933. The minimum absolute atomic E-state index is 0.110. The van der Waals surface area contributed by atoms with Crippen LogP contribution in [-0.2, 0) is 4.79 Å². The molecule has 0 aromatic carbocycles. The van der Waals surface area contributed by atoms with Gasteiger partial charge in [0.1, 0.15) is 16.7 Å². The maximum absolute atomic E-state index is 11.5. The lowest BCUT2D eigenvalue weighted by molar-refractivity contribution is -0.129. The number of imidazole rings is 1. The summed E-state index contributed by atoms with van der Waals surface area (Å²) in [5, 5.41) is 0.378. The number of anilines is 1. The lowest BCUT2D eigenvalue weighted by Crippen LogP contribution is -2.48. The summed E-state index contributed by atoms with van der Waals surface area (Å²) in [4.78, 5) is 32.8. The molecule has 4 rings (SSSR count). The molecule has 1 fully saturated rings. The summed E-state index contributed by atoms with van der Waals surface area (Å²) >= 11 is 5.99. The minimum Gasteiger partial charge on any atom is -0.353 e. The van der Waals surface area contributed by atoms with Gasteiger partial charge >= 0.3 is 0 Å². The Kier molecular flexibility index (Phi) is 3.96. The summed E-state index contributed by atoms with van der Waals surface area (Å²) in [6, 6.07) is 1.88. The van der Waals surface area contributed by atoms with Gasteiger partial charge in [0.2, 0.25) is 5.91 Å². The summed E-state index contributed by atoms with van der Waals surface area (Å²) in [6.45, 7) is 4.50. The van der Waals surface area contributed by atoms with Crippen molar-refractivity contribution in [2.75, 3.05) is 31.1 Å². The van der Waals surface area contributed by atoms with E-state index in [1.54, 1.807) is 31.7 Å². The molecule has 0 N–H and O–H groups in total. The largest absolute Gasteiger partial charge is 0.353 e. The molecule has 0 unspecified atom stereocenters. The summed E-state index contributed by atoms with van der Waals surface area (Å²) < 4.78 is 1.82. The standard InChI is InChI=1S/C16H16ClN7O/c1-11(25)22-4-6-23(7-5-22)14-2-3-18-16(21-14)12-8-20-15-9-19-13(17)10-24(12)15/h2-3,8-10H,4-7H2,1H3. The maximum atomic E-state index is 11.5. The molecule has 25 heavy (non-hydrogen) atoms. The lowest BCUT2D eigenvalue weighted by Gasteiger charge is -2.34. The molecule has 1 aliphatic heterocycles. The van der Waals surface area contributed by atoms with Crippen LogP contribution in [0.25, 0.3) is 17.2 Å². The van der Waals surface area contributed by atoms with Gasteiger partial charge in [0.05, 0.1) is 12.4 Å². The molecule has 8 nitrogen and oxygen atoms in total. The van der Waals surface area contributed by atoms with Crippen LogP contribution in [0.1, 0.15) is 6.92 Å². The molecule has 1 aliphatic rings. The van der Waals surface area contributed by atoms with Gasteiger partial charge in [-0.15, -0.1) is 0 Å². The van der Waals surface area contributed by atoms with E-state index in [-0.39, 0.29) is 5.91 Å². The minimum atomic E-state index is 0.110. The Labute approximate surface area is 149 Å². The number of carbonyl (C=O) groups excluding carboxylic acids is 1. The van der Waals surface area contributed by atoms with Crippen LogP contribution in [0.2, 0.25) is 5.15 Å². The first-order valence-electron chi connectivity index (χ1n) is 7.94. The highest BCUT2D eigenvalue weighted by Crippen LogP contribution is 2.21. The second kappa shape index (κ2) is 6.29. The molecule has 1 saturated heterocycles. The number of nitrogens with zero attached hydrogens (tertiary/aromatic N) is 7. The third kappa shape index (κ3) is 3.00. The summed E-state index contributed by atoms with van der Waals surface area (Å²) in [6.07, 6.45) is 6.74. The number of carbonyl (C=O) groups is 1. The van der Waals surface area contributed by atoms with E-state index in [2.05, 4.69) is 24.8 Å². The van der Waals surface area contributed by atoms with Gasteiger partial charge in [-0.05, 0) is 6.07 Å². The van der Waals surface area contributed by atoms with Crippen molar-refractivity contribution in [1.82, 2.24) is 29.2 Å². The molecule has 4 heterocycles. The van der Waals surface area contributed by atoms with Crippen molar-refractivity contribution < 1.29 is 4.79 Å². The zero-order valence-corrected chi connectivity index (χ0v) is 14.4. The van der Waals surface area contributed by atoms with Crippen LogP contribution in [0.3, 0.4) is 0 Å². The third-order valence-corrected chi connectivity index (χ3v) is 4.48. The molecule has 9 heteroatoms. The van der Waals surface area contributed by atoms with Crippen molar-refractivity contribution in [2.45, 2.75) is 6.92 Å². The Morgan fingerprint density at radius 3 is 2.68 bits per heavy atom. The van der Waals surface area contributed by atoms with Crippen LogP contribution >= 0.6 is 11.6 Å². The molecule has 128 valence electrons. The highest BCUT2D eigenvalue weighted by molar-refractivity contribution is 6.29. The second-order valence-corrected chi connectivity index (χ2v) is 6.20. The zero-order valence-electron chi connectivity index (χ0n) is 13.6. The Balaban J connectivity index is 1.63. The van der Waals surface area contributed by atoms with Crippen LogP contribution in [-0.4, -0.2) is 61.3 Å². The molecule has 3 aromatic heterocycles. The highest BCUT2D eigenvalue weighted by atomic mass is 35.5. The first-order valence-corrected chi connectivity index (χ1v) is 8.32. The predicted molar refractivity (Wildman–Crippen MR) is 93.5 cm³/mol. The summed E-state index contributed by atoms with van der Waals surface area (Å²) in [5.41, 5.74) is 1.44. The zero-order chi connectivity index (χ0) is 17.4. The number of rotatable bonds is 2. The fourth-order valence-electron chi connectivity index (χ4n) is 2.93. The van der Waals surface area contributed by atoms with Gasteiger partial charge in [-0.3, -0.25) is 9.20 Å². The maximum Gasteiger partial charge on any atom is 0.219 e. The first-order chi connectivity index (χ1) is 12.1. The van der Waals surface area contributed by atoms with Gasteiger partial charge in [-0.2, -0.15) is 0 Å². The van der Waals surface area contributed by atoms with Gasteiger partial charge in [0.15, 0.2) is 11.5 Å². The molecule has 0 bridgehead atoms. The second-order valence-electron chi connectivity index (χ2n) is 5.81. The Morgan fingerprint density at radius 1 is 1.12 bits per heavy atom. The summed E-state index contributed by atoms with van der Waals surface area (Å²) in [7, 11) is 0. The van der Waals surface area contributed by atoms with E-state index in [9.17, 15) is 4.79 Å². The number of piperazine rings is 1. The first kappa shape index (κ1) is 15.8. The van der Waals surface area contributed by atoms with Crippen LogP contribution < -0.4 is 4.90 Å². The van der Waals surface area contributed by atoms with Crippen LogP contribution in [0.4, 0.5) is 5.82 Å². The van der Waals surface area contributed by atoms with Crippen molar-refractivity contribution >= 4 is 29.0 Å². The van der Waals surface area contributed by atoms with E-state index in [4.69, 9.17) is 11.6 Å². The lowest BCUT2D eigenvalue weighted by atomic mass is 10.3. The quantitative estimate of drug-likeness (QED) is 0.691. The average molecular weight is 358 g/mol. The topological polar surface area (TPSA) is 79.5 Å². The number of hydrogen-bond acceptors (Lipinski definition) is 6. The van der Waals surface area contributed by atoms with Crippen LogP contribution in [0, 0.1) is 0 Å².